The van der Waals surface area contributed by atoms with Gasteiger partial charge in [-0.2, -0.15) is 26.3 Å². The highest BCUT2D eigenvalue weighted by Gasteiger charge is 2.37. The Morgan fingerprint density at radius 3 is 1.58 bits per heavy atom. The van der Waals surface area contributed by atoms with Crippen LogP contribution in [0.5, 0.6) is 0 Å². The van der Waals surface area contributed by atoms with E-state index in [2.05, 4.69) is 4.72 Å². The Morgan fingerprint density at radius 2 is 1.19 bits per heavy atom. The van der Waals surface area contributed by atoms with Gasteiger partial charge in [-0.15, -0.1) is 0 Å². The maximum absolute atomic E-state index is 12.9. The van der Waals surface area contributed by atoms with Crippen LogP contribution >= 0.6 is 0 Å². The third-order valence-corrected chi connectivity index (χ3v) is 5.02. The quantitative estimate of drug-likeness (QED) is 0.528. The van der Waals surface area contributed by atoms with Crippen molar-refractivity contribution in [2.24, 2.45) is 0 Å². The zero-order chi connectivity index (χ0) is 19.9. The van der Waals surface area contributed by atoms with Crippen molar-refractivity contribution in [2.75, 3.05) is 4.72 Å². The zero-order valence-electron chi connectivity index (χ0n) is 14.0. The maximum Gasteiger partial charge on any atom is 0.416 e. The molecule has 1 atom stereocenters. The van der Waals surface area contributed by atoms with E-state index in [0.717, 1.165) is 5.56 Å². The first-order valence-corrected chi connectivity index (χ1v) is 8.50. The first kappa shape index (κ1) is 20.4. The first-order valence-electron chi connectivity index (χ1n) is 7.35. The third kappa shape index (κ3) is 4.64. The Balaban J connectivity index is 2.46. The molecule has 0 aliphatic heterocycles. The minimum Gasteiger partial charge on any atom is -0.588 e. The van der Waals surface area contributed by atoms with Crippen LogP contribution in [-0.2, 0) is 23.7 Å². The van der Waals surface area contributed by atoms with E-state index in [1.807, 2.05) is 6.92 Å². The van der Waals surface area contributed by atoms with Gasteiger partial charge in [0.15, 0.2) is 4.90 Å². The number of halogens is 6. The van der Waals surface area contributed by atoms with E-state index in [1.54, 1.807) is 26.0 Å². The van der Waals surface area contributed by atoms with Crippen molar-refractivity contribution in [2.45, 2.75) is 38.0 Å². The SMILES string of the molecule is Cc1cc(C)c([S+]([O-])Nc2cc(C(F)(F)F)cc(C(F)(F)F)c2)c(C)c1. The minimum atomic E-state index is -4.96. The van der Waals surface area contributed by atoms with Crippen LogP contribution in [0.2, 0.25) is 0 Å². The van der Waals surface area contributed by atoms with E-state index >= 15 is 0 Å². The fourth-order valence-corrected chi connectivity index (χ4v) is 3.77. The molecule has 2 aromatic carbocycles. The molecule has 1 N–H and O–H groups in total. The van der Waals surface area contributed by atoms with Crippen molar-refractivity contribution in [1.29, 1.82) is 0 Å². The van der Waals surface area contributed by atoms with Crippen molar-refractivity contribution in [3.63, 3.8) is 0 Å². The summed E-state index contributed by atoms with van der Waals surface area (Å²) in [6.45, 7) is 5.16. The molecular weight excluding hydrogens is 380 g/mol. The van der Waals surface area contributed by atoms with Gasteiger partial charge in [0.25, 0.3) is 0 Å². The molecule has 0 aromatic heterocycles. The van der Waals surface area contributed by atoms with Crippen molar-refractivity contribution < 1.29 is 30.9 Å². The number of alkyl halides is 6. The molecule has 2 aromatic rings. The summed E-state index contributed by atoms with van der Waals surface area (Å²) < 4.78 is 92.2. The second-order valence-electron chi connectivity index (χ2n) is 5.89. The first-order chi connectivity index (χ1) is 11.8. The highest BCUT2D eigenvalue weighted by Crippen LogP contribution is 2.38. The van der Waals surface area contributed by atoms with Crippen LogP contribution < -0.4 is 4.72 Å². The van der Waals surface area contributed by atoms with Gasteiger partial charge in [-0.25, -0.2) is 4.72 Å². The summed E-state index contributed by atoms with van der Waals surface area (Å²) in [7, 11) is 0. The summed E-state index contributed by atoms with van der Waals surface area (Å²) in [5, 5.41) is 0. The van der Waals surface area contributed by atoms with Gasteiger partial charge in [0.2, 0.25) is 0 Å². The number of hydrogen-bond acceptors (Lipinski definition) is 2. The lowest BCUT2D eigenvalue weighted by molar-refractivity contribution is -0.143. The molecule has 0 amide bonds. The highest BCUT2D eigenvalue weighted by molar-refractivity contribution is 7.92. The van der Waals surface area contributed by atoms with Gasteiger partial charge < -0.3 is 4.55 Å². The van der Waals surface area contributed by atoms with E-state index in [4.69, 9.17) is 0 Å². The summed E-state index contributed by atoms with van der Waals surface area (Å²) in [5.41, 5.74) is -1.31. The number of benzene rings is 2. The monoisotopic (exact) mass is 395 g/mol. The summed E-state index contributed by atoms with van der Waals surface area (Å²) in [4.78, 5) is 0.321. The van der Waals surface area contributed by atoms with E-state index in [-0.39, 0.29) is 6.07 Å². The topological polar surface area (TPSA) is 35.1 Å². The second kappa shape index (κ2) is 7.03. The van der Waals surface area contributed by atoms with Crippen molar-refractivity contribution in [1.82, 2.24) is 0 Å². The number of anilines is 1. The van der Waals surface area contributed by atoms with Gasteiger partial charge in [0.05, 0.1) is 16.8 Å². The van der Waals surface area contributed by atoms with E-state index in [1.165, 1.54) is 0 Å². The fourth-order valence-electron chi connectivity index (χ4n) is 2.63. The molecule has 9 heteroatoms. The molecule has 2 rings (SSSR count). The van der Waals surface area contributed by atoms with Crippen molar-refractivity contribution >= 4 is 17.0 Å². The number of rotatable bonds is 3. The molecule has 0 heterocycles. The molecule has 0 fully saturated rings. The lowest BCUT2D eigenvalue weighted by Gasteiger charge is -2.18. The standard InChI is InChI=1S/C17H15F6NOS/c1-9-4-10(2)15(11(3)5-9)26(25)24-14-7-12(16(18,19)20)6-13(8-14)17(21,22)23/h4-8,24H,1-3H3. The smallest absolute Gasteiger partial charge is 0.416 e. The molecular formula is C17H15F6NOS. The Bertz CT molecular complexity index is 761. The molecule has 0 bridgehead atoms. The van der Waals surface area contributed by atoms with Crippen molar-refractivity contribution in [3.8, 4) is 0 Å². The Morgan fingerprint density at radius 1 is 0.769 bits per heavy atom. The van der Waals surface area contributed by atoms with Crippen LogP contribution in [0.25, 0.3) is 0 Å². The number of aryl methyl sites for hydroxylation is 3. The molecule has 0 saturated heterocycles. The van der Waals surface area contributed by atoms with Gasteiger partial charge in [-0.3, -0.25) is 0 Å². The average molecular weight is 395 g/mol. The van der Waals surface area contributed by atoms with Crippen LogP contribution in [0, 0.1) is 20.8 Å². The predicted molar refractivity (Wildman–Crippen MR) is 87.1 cm³/mol. The van der Waals surface area contributed by atoms with E-state index in [9.17, 15) is 30.9 Å². The lowest BCUT2D eigenvalue weighted by atomic mass is 10.1. The normalized spacial score (nSPS) is 13.6. The molecule has 2 nitrogen and oxygen atoms in total. The van der Waals surface area contributed by atoms with Gasteiger partial charge in [0, 0.05) is 11.1 Å². The van der Waals surface area contributed by atoms with Crippen LogP contribution in [0.3, 0.4) is 0 Å². The Kier molecular flexibility index (Phi) is 5.53. The number of nitrogens with one attached hydrogen (secondary N) is 1. The van der Waals surface area contributed by atoms with Crippen LogP contribution in [0.4, 0.5) is 32.0 Å². The van der Waals surface area contributed by atoms with Crippen molar-refractivity contribution in [3.05, 3.63) is 58.1 Å². The molecule has 0 radical (unpaired) electrons. The molecule has 142 valence electrons. The molecule has 0 aliphatic rings. The lowest BCUT2D eigenvalue weighted by Crippen LogP contribution is -2.18. The summed E-state index contributed by atoms with van der Waals surface area (Å²) in [6, 6.07) is 4.50. The molecule has 0 aliphatic carbocycles. The third-order valence-electron chi connectivity index (χ3n) is 3.59. The summed E-state index contributed by atoms with van der Waals surface area (Å²) >= 11 is -2.02. The van der Waals surface area contributed by atoms with Crippen LogP contribution in [-0.4, -0.2) is 4.55 Å². The van der Waals surface area contributed by atoms with Gasteiger partial charge in [0.1, 0.15) is 11.4 Å². The number of hydrogen-bond donors (Lipinski definition) is 1. The summed E-state index contributed by atoms with van der Waals surface area (Å²) in [5.74, 6) is 0. The largest absolute Gasteiger partial charge is 0.588 e. The van der Waals surface area contributed by atoms with Gasteiger partial charge in [-0.05, 0) is 39.0 Å². The van der Waals surface area contributed by atoms with Gasteiger partial charge in [-0.1, -0.05) is 17.7 Å². The second-order valence-corrected chi connectivity index (χ2v) is 7.04. The Labute approximate surface area is 149 Å². The predicted octanol–water partition coefficient (Wildman–Crippen LogP) is 5.78. The van der Waals surface area contributed by atoms with Crippen LogP contribution in [0.15, 0.2) is 35.2 Å². The fraction of sp³-hybridized carbons (Fsp3) is 0.294. The molecule has 26 heavy (non-hydrogen) atoms. The zero-order valence-corrected chi connectivity index (χ0v) is 14.8. The Hall–Kier alpha value is -1.87. The average Bonchev–Trinajstić information content (AvgIpc) is 2.43. The minimum absolute atomic E-state index is 0.0243. The molecule has 0 spiro atoms. The summed E-state index contributed by atoms with van der Waals surface area (Å²) in [6.07, 6.45) is -9.93. The highest BCUT2D eigenvalue weighted by atomic mass is 32.2. The maximum atomic E-state index is 12.9. The van der Waals surface area contributed by atoms with E-state index < -0.39 is 40.5 Å². The molecule has 0 saturated carbocycles. The van der Waals surface area contributed by atoms with Crippen LogP contribution in [0.1, 0.15) is 27.8 Å². The van der Waals surface area contributed by atoms with E-state index in [0.29, 0.717) is 28.2 Å². The van der Waals surface area contributed by atoms with Gasteiger partial charge >= 0.3 is 12.4 Å². The molecule has 1 unspecified atom stereocenters.